The first-order valence-corrected chi connectivity index (χ1v) is 9.63. The molecular weight excluding hydrogens is 366 g/mol. The first kappa shape index (κ1) is 20.4. The van der Waals surface area contributed by atoms with Gasteiger partial charge in [-0.1, -0.05) is 36.4 Å². The molecule has 0 aliphatic rings. The smallest absolute Gasteiger partial charge is 0.255 e. The zero-order chi connectivity index (χ0) is 20.3. The highest BCUT2D eigenvalue weighted by Crippen LogP contribution is 2.19. The van der Waals surface area contributed by atoms with Crippen LogP contribution in [-0.2, 0) is 11.3 Å². The van der Waals surface area contributed by atoms with Gasteiger partial charge in [-0.05, 0) is 55.0 Å². The van der Waals surface area contributed by atoms with E-state index in [-0.39, 0.29) is 5.91 Å². The monoisotopic (exact) mass is 391 g/mol. The molecule has 150 valence electrons. The minimum atomic E-state index is -0.194. The molecule has 3 rings (SSSR count). The summed E-state index contributed by atoms with van der Waals surface area (Å²) in [7, 11) is 0. The SMILES string of the molecule is CCOCCOc1ccc(NC(=O)c2cccc(OCc3ccccc3)c2)cc1. The number of amides is 1. The maximum Gasteiger partial charge on any atom is 0.255 e. The summed E-state index contributed by atoms with van der Waals surface area (Å²) < 4.78 is 16.6. The molecule has 0 aromatic heterocycles. The predicted octanol–water partition coefficient (Wildman–Crippen LogP) is 4.93. The van der Waals surface area contributed by atoms with Crippen molar-refractivity contribution in [3.8, 4) is 11.5 Å². The van der Waals surface area contributed by atoms with Gasteiger partial charge in [0.1, 0.15) is 24.7 Å². The Bertz CT molecular complexity index is 894. The number of carbonyl (C=O) groups excluding carboxylic acids is 1. The van der Waals surface area contributed by atoms with Gasteiger partial charge >= 0.3 is 0 Å². The van der Waals surface area contributed by atoms with Gasteiger partial charge in [0, 0.05) is 17.9 Å². The summed E-state index contributed by atoms with van der Waals surface area (Å²) in [5.74, 6) is 1.19. The van der Waals surface area contributed by atoms with Crippen molar-refractivity contribution in [2.45, 2.75) is 13.5 Å². The molecule has 29 heavy (non-hydrogen) atoms. The van der Waals surface area contributed by atoms with E-state index in [2.05, 4.69) is 5.32 Å². The second kappa shape index (κ2) is 10.9. The second-order valence-electron chi connectivity index (χ2n) is 6.33. The first-order valence-electron chi connectivity index (χ1n) is 9.63. The topological polar surface area (TPSA) is 56.8 Å². The predicted molar refractivity (Wildman–Crippen MR) is 114 cm³/mol. The van der Waals surface area contributed by atoms with E-state index in [4.69, 9.17) is 14.2 Å². The van der Waals surface area contributed by atoms with Crippen LogP contribution < -0.4 is 14.8 Å². The van der Waals surface area contributed by atoms with Crippen LogP contribution in [0.2, 0.25) is 0 Å². The van der Waals surface area contributed by atoms with Crippen LogP contribution in [0.4, 0.5) is 5.69 Å². The minimum Gasteiger partial charge on any atom is -0.491 e. The molecule has 0 aliphatic carbocycles. The van der Waals surface area contributed by atoms with E-state index in [0.717, 1.165) is 11.3 Å². The van der Waals surface area contributed by atoms with Crippen molar-refractivity contribution in [3.05, 3.63) is 90.0 Å². The molecule has 0 aliphatic heterocycles. The Kier molecular flexibility index (Phi) is 7.66. The first-order chi connectivity index (χ1) is 14.2. The summed E-state index contributed by atoms with van der Waals surface area (Å²) in [5, 5.41) is 2.89. The van der Waals surface area contributed by atoms with Gasteiger partial charge in [-0.15, -0.1) is 0 Å². The largest absolute Gasteiger partial charge is 0.491 e. The molecule has 0 saturated heterocycles. The molecule has 3 aromatic rings. The Morgan fingerprint density at radius 3 is 2.38 bits per heavy atom. The maximum atomic E-state index is 12.6. The molecule has 0 unspecified atom stereocenters. The van der Waals surface area contributed by atoms with E-state index in [0.29, 0.717) is 43.4 Å². The molecule has 0 fully saturated rings. The third-order valence-electron chi connectivity index (χ3n) is 4.16. The Balaban J connectivity index is 1.53. The van der Waals surface area contributed by atoms with E-state index >= 15 is 0 Å². The Morgan fingerprint density at radius 1 is 0.828 bits per heavy atom. The van der Waals surface area contributed by atoms with Crippen LogP contribution in [-0.4, -0.2) is 25.7 Å². The lowest BCUT2D eigenvalue weighted by molar-refractivity contribution is 0.102. The van der Waals surface area contributed by atoms with E-state index in [1.165, 1.54) is 0 Å². The molecule has 0 spiro atoms. The Hall–Kier alpha value is -3.31. The highest BCUT2D eigenvalue weighted by Gasteiger charge is 2.08. The lowest BCUT2D eigenvalue weighted by Crippen LogP contribution is -2.12. The van der Waals surface area contributed by atoms with Crippen molar-refractivity contribution in [2.24, 2.45) is 0 Å². The zero-order valence-electron chi connectivity index (χ0n) is 16.5. The molecular formula is C24H25NO4. The van der Waals surface area contributed by atoms with Gasteiger partial charge in [-0.2, -0.15) is 0 Å². The fourth-order valence-corrected chi connectivity index (χ4v) is 2.67. The number of hydrogen-bond donors (Lipinski definition) is 1. The average Bonchev–Trinajstić information content (AvgIpc) is 2.77. The lowest BCUT2D eigenvalue weighted by Gasteiger charge is -2.10. The van der Waals surface area contributed by atoms with Crippen molar-refractivity contribution in [2.75, 3.05) is 25.1 Å². The molecule has 3 aromatic carbocycles. The van der Waals surface area contributed by atoms with Gasteiger partial charge in [0.05, 0.1) is 6.61 Å². The Labute approximate surface area is 171 Å². The van der Waals surface area contributed by atoms with Gasteiger partial charge in [-0.25, -0.2) is 0 Å². The van der Waals surface area contributed by atoms with Gasteiger partial charge in [0.25, 0.3) is 5.91 Å². The lowest BCUT2D eigenvalue weighted by atomic mass is 10.2. The molecule has 1 N–H and O–H groups in total. The number of ether oxygens (including phenoxy) is 3. The second-order valence-corrected chi connectivity index (χ2v) is 6.33. The summed E-state index contributed by atoms with van der Waals surface area (Å²) in [6, 6.07) is 24.3. The summed E-state index contributed by atoms with van der Waals surface area (Å²) in [5.41, 5.74) is 2.31. The number of nitrogens with one attached hydrogen (secondary N) is 1. The molecule has 0 heterocycles. The van der Waals surface area contributed by atoms with Crippen molar-refractivity contribution < 1.29 is 19.0 Å². The van der Waals surface area contributed by atoms with Crippen LogP contribution in [0.3, 0.4) is 0 Å². The standard InChI is InChI=1S/C24H25NO4/c1-2-27-15-16-28-22-13-11-21(12-14-22)25-24(26)20-9-6-10-23(17-20)29-18-19-7-4-3-5-8-19/h3-14,17H,2,15-16,18H2,1H3,(H,25,26). The van der Waals surface area contributed by atoms with Crippen LogP contribution in [0, 0.1) is 0 Å². The normalized spacial score (nSPS) is 10.4. The third kappa shape index (κ3) is 6.66. The van der Waals surface area contributed by atoms with Crippen molar-refractivity contribution in [3.63, 3.8) is 0 Å². The molecule has 0 saturated carbocycles. The maximum absolute atomic E-state index is 12.6. The third-order valence-corrected chi connectivity index (χ3v) is 4.16. The number of rotatable bonds is 10. The molecule has 5 heteroatoms. The number of carbonyl (C=O) groups is 1. The van der Waals surface area contributed by atoms with Gasteiger partial charge < -0.3 is 19.5 Å². The molecule has 0 radical (unpaired) electrons. The van der Waals surface area contributed by atoms with Crippen LogP contribution in [0.5, 0.6) is 11.5 Å². The molecule has 5 nitrogen and oxygen atoms in total. The highest BCUT2D eigenvalue weighted by atomic mass is 16.5. The highest BCUT2D eigenvalue weighted by molar-refractivity contribution is 6.04. The number of anilines is 1. The van der Waals surface area contributed by atoms with Crippen molar-refractivity contribution in [1.29, 1.82) is 0 Å². The molecule has 0 atom stereocenters. The van der Waals surface area contributed by atoms with Crippen LogP contribution in [0.25, 0.3) is 0 Å². The van der Waals surface area contributed by atoms with E-state index in [9.17, 15) is 4.79 Å². The van der Waals surface area contributed by atoms with E-state index < -0.39 is 0 Å². The molecule has 0 bridgehead atoms. The van der Waals surface area contributed by atoms with Crippen LogP contribution in [0.15, 0.2) is 78.9 Å². The summed E-state index contributed by atoms with van der Waals surface area (Å²) in [6.07, 6.45) is 0. The minimum absolute atomic E-state index is 0.194. The van der Waals surface area contributed by atoms with E-state index in [1.807, 2.05) is 73.7 Å². The summed E-state index contributed by atoms with van der Waals surface area (Å²) >= 11 is 0. The van der Waals surface area contributed by atoms with Crippen molar-refractivity contribution >= 4 is 11.6 Å². The van der Waals surface area contributed by atoms with Gasteiger partial charge in [-0.3, -0.25) is 4.79 Å². The number of hydrogen-bond acceptors (Lipinski definition) is 4. The fourth-order valence-electron chi connectivity index (χ4n) is 2.67. The molecule has 1 amide bonds. The fraction of sp³-hybridized carbons (Fsp3) is 0.208. The quantitative estimate of drug-likeness (QED) is 0.498. The number of benzene rings is 3. The van der Waals surface area contributed by atoms with Crippen LogP contribution in [0.1, 0.15) is 22.8 Å². The Morgan fingerprint density at radius 2 is 1.62 bits per heavy atom. The summed E-state index contributed by atoms with van der Waals surface area (Å²) in [4.78, 5) is 12.6. The zero-order valence-corrected chi connectivity index (χ0v) is 16.5. The average molecular weight is 391 g/mol. The van der Waals surface area contributed by atoms with E-state index in [1.54, 1.807) is 12.1 Å². The van der Waals surface area contributed by atoms with Crippen molar-refractivity contribution in [1.82, 2.24) is 0 Å². The van der Waals surface area contributed by atoms with Gasteiger partial charge in [0.15, 0.2) is 0 Å². The van der Waals surface area contributed by atoms with Gasteiger partial charge in [0.2, 0.25) is 0 Å². The summed E-state index contributed by atoms with van der Waals surface area (Å²) in [6.45, 7) is 4.12. The van der Waals surface area contributed by atoms with Crippen LogP contribution >= 0.6 is 0 Å².